The van der Waals surface area contributed by atoms with Crippen LogP contribution in [0.5, 0.6) is 0 Å². The van der Waals surface area contributed by atoms with Gasteiger partial charge < -0.3 is 9.64 Å². The van der Waals surface area contributed by atoms with Crippen molar-refractivity contribution >= 4 is 11.7 Å². The van der Waals surface area contributed by atoms with Gasteiger partial charge in [0, 0.05) is 24.2 Å². The van der Waals surface area contributed by atoms with Crippen LogP contribution in [0.3, 0.4) is 0 Å². The third kappa shape index (κ3) is 3.80. The molecule has 2 aromatic rings. The topological polar surface area (TPSA) is 29.5 Å². The number of anilines is 1. The van der Waals surface area contributed by atoms with Crippen LogP contribution in [0.25, 0.3) is 0 Å². The third-order valence-electron chi connectivity index (χ3n) is 6.18. The van der Waals surface area contributed by atoms with Crippen LogP contribution in [-0.2, 0) is 4.74 Å². The Bertz CT molecular complexity index is 832. The van der Waals surface area contributed by atoms with Crippen molar-refractivity contribution in [2.24, 2.45) is 5.92 Å². The fourth-order valence-electron chi connectivity index (χ4n) is 4.91. The molecule has 0 N–H and O–H groups in total. The molecule has 0 aromatic heterocycles. The van der Waals surface area contributed by atoms with Gasteiger partial charge in [0.2, 0.25) is 0 Å². The van der Waals surface area contributed by atoms with Gasteiger partial charge in [0.15, 0.2) is 0 Å². The zero-order chi connectivity index (χ0) is 19.9. The van der Waals surface area contributed by atoms with Crippen LogP contribution in [0.1, 0.15) is 67.4 Å². The molecule has 28 heavy (non-hydrogen) atoms. The highest BCUT2D eigenvalue weighted by atomic mass is 16.6. The number of nitrogens with zero attached hydrogens (tertiary/aromatic N) is 1. The molecule has 2 fully saturated rings. The molecular formula is C25H31NO2. The van der Waals surface area contributed by atoms with E-state index >= 15 is 0 Å². The highest BCUT2D eigenvalue weighted by Crippen LogP contribution is 2.48. The van der Waals surface area contributed by atoms with E-state index in [4.69, 9.17) is 4.74 Å². The van der Waals surface area contributed by atoms with Crippen LogP contribution in [0.15, 0.2) is 48.5 Å². The fraction of sp³-hybridized carbons (Fsp3) is 0.480. The molecule has 1 heterocycles. The van der Waals surface area contributed by atoms with Gasteiger partial charge in [0.25, 0.3) is 0 Å². The monoisotopic (exact) mass is 377 g/mol. The number of carbonyl (C=O) groups is 1. The molecule has 1 aliphatic carbocycles. The Balaban J connectivity index is 1.54. The van der Waals surface area contributed by atoms with E-state index in [-0.39, 0.29) is 5.97 Å². The highest BCUT2D eigenvalue weighted by molar-refractivity contribution is 5.90. The summed E-state index contributed by atoms with van der Waals surface area (Å²) >= 11 is 0. The summed E-state index contributed by atoms with van der Waals surface area (Å²) in [7, 11) is 0. The van der Waals surface area contributed by atoms with Gasteiger partial charge in [-0.3, -0.25) is 0 Å². The molecule has 0 radical (unpaired) electrons. The van der Waals surface area contributed by atoms with Gasteiger partial charge in [0.1, 0.15) is 5.60 Å². The number of benzene rings is 2. The van der Waals surface area contributed by atoms with Gasteiger partial charge in [-0.1, -0.05) is 29.8 Å². The van der Waals surface area contributed by atoms with Gasteiger partial charge in [-0.15, -0.1) is 0 Å². The molecule has 0 spiro atoms. The minimum Gasteiger partial charge on any atom is -0.456 e. The van der Waals surface area contributed by atoms with Gasteiger partial charge in [0.05, 0.1) is 5.56 Å². The van der Waals surface area contributed by atoms with E-state index in [9.17, 15) is 4.79 Å². The van der Waals surface area contributed by atoms with Crippen molar-refractivity contribution in [2.45, 2.75) is 64.5 Å². The maximum atomic E-state index is 12.3. The van der Waals surface area contributed by atoms with Crippen LogP contribution in [0.2, 0.25) is 0 Å². The second-order valence-electron chi connectivity index (χ2n) is 9.38. The summed E-state index contributed by atoms with van der Waals surface area (Å²) in [6.45, 7) is 8.94. The van der Waals surface area contributed by atoms with Crippen LogP contribution in [-0.4, -0.2) is 24.2 Å². The first kappa shape index (κ1) is 19.0. The van der Waals surface area contributed by atoms with Crippen molar-refractivity contribution in [3.05, 3.63) is 65.2 Å². The Kier molecular flexibility index (Phi) is 4.95. The summed E-state index contributed by atoms with van der Waals surface area (Å²) in [5.74, 6) is 1.12. The van der Waals surface area contributed by atoms with Crippen molar-refractivity contribution in [2.75, 3.05) is 11.4 Å². The molecule has 2 aliphatic rings. The molecule has 148 valence electrons. The standard InChI is InChI=1S/C25H31NO2/c1-17-5-7-18(8-6-17)22-14-11-19-15-16-26(23(19)22)21-12-9-20(10-13-21)24(27)28-25(2,3)4/h5-10,12-13,19,22-23H,11,14-16H2,1-4H3/t19-,22+,23+/m1/s1. The normalized spacial score (nSPS) is 24.3. The SMILES string of the molecule is Cc1ccc([C@@H]2CC[C@@H]3CCN(c4ccc(C(=O)OC(C)(C)C)cc4)[C@@H]32)cc1. The van der Waals surface area contributed by atoms with Crippen molar-refractivity contribution in [1.82, 2.24) is 0 Å². The number of fused-ring (bicyclic) bond motifs is 1. The van der Waals surface area contributed by atoms with Crippen LogP contribution >= 0.6 is 0 Å². The lowest BCUT2D eigenvalue weighted by atomic mass is 9.91. The third-order valence-corrected chi connectivity index (χ3v) is 6.18. The van der Waals surface area contributed by atoms with Crippen molar-refractivity contribution < 1.29 is 9.53 Å². The first-order chi connectivity index (χ1) is 13.3. The average Bonchev–Trinajstić information content (AvgIpc) is 3.23. The van der Waals surface area contributed by atoms with E-state index < -0.39 is 5.60 Å². The molecule has 3 nitrogen and oxygen atoms in total. The first-order valence-electron chi connectivity index (χ1n) is 10.5. The summed E-state index contributed by atoms with van der Waals surface area (Å²) in [5.41, 5.74) is 4.16. The second-order valence-corrected chi connectivity index (χ2v) is 9.38. The Hall–Kier alpha value is -2.29. The minimum absolute atomic E-state index is 0.253. The zero-order valence-corrected chi connectivity index (χ0v) is 17.4. The number of carbonyl (C=O) groups excluding carboxylic acids is 1. The van der Waals surface area contributed by atoms with E-state index in [1.54, 1.807) is 0 Å². The van der Waals surface area contributed by atoms with E-state index in [1.807, 2.05) is 32.9 Å². The van der Waals surface area contributed by atoms with E-state index in [1.165, 1.54) is 36.1 Å². The number of hydrogen-bond acceptors (Lipinski definition) is 3. The lowest BCUT2D eigenvalue weighted by Crippen LogP contribution is -2.34. The Morgan fingerprint density at radius 3 is 2.29 bits per heavy atom. The molecule has 3 heteroatoms. The molecule has 0 amide bonds. The van der Waals surface area contributed by atoms with Gasteiger partial charge in [-0.2, -0.15) is 0 Å². The molecule has 1 aliphatic heterocycles. The van der Waals surface area contributed by atoms with Gasteiger partial charge >= 0.3 is 5.97 Å². The van der Waals surface area contributed by atoms with E-state index in [0.717, 1.165) is 12.5 Å². The van der Waals surface area contributed by atoms with E-state index in [0.29, 0.717) is 17.5 Å². The molecule has 3 atom stereocenters. The molecular weight excluding hydrogens is 346 g/mol. The van der Waals surface area contributed by atoms with Gasteiger partial charge in [-0.05, 0) is 82.7 Å². The number of hydrogen-bond donors (Lipinski definition) is 0. The lowest BCUT2D eigenvalue weighted by molar-refractivity contribution is 0.00695. The number of rotatable bonds is 3. The number of ether oxygens (including phenoxy) is 1. The lowest BCUT2D eigenvalue weighted by Gasteiger charge is -2.32. The molecule has 1 saturated heterocycles. The summed E-state index contributed by atoms with van der Waals surface area (Å²) in [4.78, 5) is 14.9. The number of esters is 1. The predicted molar refractivity (Wildman–Crippen MR) is 114 cm³/mol. The van der Waals surface area contributed by atoms with Crippen LogP contribution < -0.4 is 4.90 Å². The molecule has 1 saturated carbocycles. The molecule has 2 aromatic carbocycles. The average molecular weight is 378 g/mol. The fourth-order valence-corrected chi connectivity index (χ4v) is 4.91. The zero-order valence-electron chi connectivity index (χ0n) is 17.4. The Morgan fingerprint density at radius 2 is 1.64 bits per heavy atom. The largest absolute Gasteiger partial charge is 0.456 e. The predicted octanol–water partition coefficient (Wildman–Crippen LogP) is 5.72. The van der Waals surface area contributed by atoms with Gasteiger partial charge in [-0.25, -0.2) is 4.79 Å². The van der Waals surface area contributed by atoms with Crippen molar-refractivity contribution in [1.29, 1.82) is 0 Å². The van der Waals surface area contributed by atoms with Crippen LogP contribution in [0, 0.1) is 12.8 Å². The summed E-state index contributed by atoms with van der Waals surface area (Å²) in [6.07, 6.45) is 3.85. The second kappa shape index (κ2) is 7.27. The first-order valence-corrected chi connectivity index (χ1v) is 10.5. The van der Waals surface area contributed by atoms with Crippen molar-refractivity contribution in [3.63, 3.8) is 0 Å². The highest BCUT2D eigenvalue weighted by Gasteiger charge is 2.44. The molecule has 4 rings (SSSR count). The Morgan fingerprint density at radius 1 is 0.964 bits per heavy atom. The maximum absolute atomic E-state index is 12.3. The smallest absolute Gasteiger partial charge is 0.338 e. The Labute approximate surface area is 168 Å². The summed E-state index contributed by atoms with van der Waals surface area (Å²) < 4.78 is 5.49. The summed E-state index contributed by atoms with van der Waals surface area (Å²) in [6, 6.07) is 17.6. The number of aryl methyl sites for hydroxylation is 1. The van der Waals surface area contributed by atoms with Crippen molar-refractivity contribution in [3.8, 4) is 0 Å². The summed E-state index contributed by atoms with van der Waals surface area (Å²) in [5, 5.41) is 0. The van der Waals surface area contributed by atoms with Crippen LogP contribution in [0.4, 0.5) is 5.69 Å². The molecule has 0 unspecified atom stereocenters. The minimum atomic E-state index is -0.469. The maximum Gasteiger partial charge on any atom is 0.338 e. The van der Waals surface area contributed by atoms with E-state index in [2.05, 4.69) is 48.2 Å². The quantitative estimate of drug-likeness (QED) is 0.641. The molecule has 0 bridgehead atoms.